The molecule has 0 fully saturated rings. The van der Waals surface area contributed by atoms with Crippen molar-refractivity contribution in [3.05, 3.63) is 123 Å². The number of nitrogens with one attached hydrogen (secondary N) is 1. The van der Waals surface area contributed by atoms with Crippen LogP contribution in [0.5, 0.6) is 0 Å². The maximum absolute atomic E-state index is 14.0. The van der Waals surface area contributed by atoms with Crippen LogP contribution in [0.2, 0.25) is 0 Å². The highest BCUT2D eigenvalue weighted by molar-refractivity contribution is 7.09. The molecule has 2 amide bonds. The molecule has 3 atom stereocenters. The van der Waals surface area contributed by atoms with Gasteiger partial charge in [0.1, 0.15) is 10.8 Å². The number of benzene rings is 3. The Hall–Kier alpha value is -3.92. The zero-order valence-corrected chi connectivity index (χ0v) is 21.1. The van der Waals surface area contributed by atoms with Crippen LogP contribution in [0.1, 0.15) is 39.0 Å². The monoisotopic (exact) mass is 531 g/mol. The largest absolute Gasteiger partial charge is 0.380 e. The fraction of sp³-hybridized carbons (Fsp3) is 0.207. The van der Waals surface area contributed by atoms with E-state index >= 15 is 0 Å². The summed E-state index contributed by atoms with van der Waals surface area (Å²) in [7, 11) is 0. The summed E-state index contributed by atoms with van der Waals surface area (Å²) >= 11 is 1.37. The Bertz CT molecular complexity index is 1440. The van der Waals surface area contributed by atoms with E-state index in [0.29, 0.717) is 17.0 Å². The normalized spacial score (nSPS) is 16.1. The van der Waals surface area contributed by atoms with Gasteiger partial charge in [0.15, 0.2) is 12.2 Å². The van der Waals surface area contributed by atoms with Crippen molar-refractivity contribution >= 4 is 23.2 Å². The number of hydrogen-bond acceptors (Lipinski definition) is 6. The predicted octanol–water partition coefficient (Wildman–Crippen LogP) is 3.34. The molecule has 0 saturated carbocycles. The van der Waals surface area contributed by atoms with E-state index < -0.39 is 35.9 Å². The molecule has 38 heavy (non-hydrogen) atoms. The Labute approximate surface area is 223 Å². The number of thiazole rings is 1. The fourth-order valence-electron chi connectivity index (χ4n) is 4.66. The molecule has 194 valence electrons. The SMILES string of the molecule is O=C(NCc1nc(Cc2ccccc2)cs1)[C@H](O)[C@@H](O)C(=O)N1Cc2ccccc2[C@@H]1c1cccc(F)c1. The summed E-state index contributed by atoms with van der Waals surface area (Å²) < 4.78 is 14.0. The van der Waals surface area contributed by atoms with Crippen molar-refractivity contribution in [2.45, 2.75) is 37.8 Å². The summed E-state index contributed by atoms with van der Waals surface area (Å²) in [6, 6.07) is 22.5. The molecule has 1 aliphatic rings. The lowest BCUT2D eigenvalue weighted by atomic mass is 9.97. The minimum Gasteiger partial charge on any atom is -0.380 e. The molecule has 3 N–H and O–H groups in total. The first-order valence-corrected chi connectivity index (χ1v) is 13.0. The smallest absolute Gasteiger partial charge is 0.255 e. The van der Waals surface area contributed by atoms with Crippen LogP contribution in [-0.2, 0) is 29.1 Å². The van der Waals surface area contributed by atoms with Gasteiger partial charge in [-0.25, -0.2) is 9.37 Å². The average molecular weight is 532 g/mol. The molecule has 3 aromatic carbocycles. The molecule has 0 aliphatic carbocycles. The molecular formula is C29H26FN3O4S. The molecule has 9 heteroatoms. The van der Waals surface area contributed by atoms with E-state index in [4.69, 9.17) is 0 Å². The van der Waals surface area contributed by atoms with E-state index in [1.165, 1.54) is 28.4 Å². The first-order chi connectivity index (χ1) is 18.4. The molecule has 0 bridgehead atoms. The van der Waals surface area contributed by atoms with E-state index in [2.05, 4.69) is 10.3 Å². The molecule has 7 nitrogen and oxygen atoms in total. The minimum absolute atomic E-state index is 0.0529. The molecule has 1 aromatic heterocycles. The molecular weight excluding hydrogens is 505 g/mol. The van der Waals surface area contributed by atoms with Crippen LogP contribution in [0.25, 0.3) is 0 Å². The van der Waals surface area contributed by atoms with Gasteiger partial charge in [-0.3, -0.25) is 9.59 Å². The summed E-state index contributed by atoms with van der Waals surface area (Å²) in [6.45, 7) is 0.211. The summed E-state index contributed by atoms with van der Waals surface area (Å²) in [6.07, 6.45) is -3.32. The molecule has 4 aromatic rings. The summed E-state index contributed by atoms with van der Waals surface area (Å²) in [5.74, 6) is -2.16. The molecule has 5 rings (SSSR count). The Balaban J connectivity index is 1.24. The lowest BCUT2D eigenvalue weighted by Crippen LogP contribution is -2.50. The summed E-state index contributed by atoms with van der Waals surface area (Å²) in [5.41, 5.74) is 4.15. The Morgan fingerprint density at radius 3 is 2.58 bits per heavy atom. The van der Waals surface area contributed by atoms with Crippen LogP contribution in [0.3, 0.4) is 0 Å². The van der Waals surface area contributed by atoms with E-state index in [9.17, 15) is 24.2 Å². The number of carbonyl (C=O) groups excluding carboxylic acids is 2. The van der Waals surface area contributed by atoms with Gasteiger partial charge in [-0.1, -0.05) is 66.7 Å². The minimum atomic E-state index is -2.00. The standard InChI is InChI=1S/C29H26FN3O4S/c30-21-11-6-10-19(14-21)25-23-12-5-4-9-20(23)16-33(25)29(37)27(35)26(34)28(36)31-15-24-32-22(17-38-24)13-18-7-2-1-3-8-18/h1-12,14,17,25-27,34-35H,13,15-16H2,(H,31,36)/t25-,26+,27+/m0/s1. The van der Waals surface area contributed by atoms with Gasteiger partial charge in [0.05, 0.1) is 18.3 Å². The lowest BCUT2D eigenvalue weighted by molar-refractivity contribution is -0.154. The third-order valence-electron chi connectivity index (χ3n) is 6.51. The number of halogens is 1. The summed E-state index contributed by atoms with van der Waals surface area (Å²) in [4.78, 5) is 31.8. The highest BCUT2D eigenvalue weighted by Crippen LogP contribution is 2.39. The lowest BCUT2D eigenvalue weighted by Gasteiger charge is -2.29. The zero-order chi connectivity index (χ0) is 26.6. The third kappa shape index (κ3) is 5.50. The second kappa shape index (κ2) is 11.2. The molecule has 2 heterocycles. The number of nitrogens with zero attached hydrogens (tertiary/aromatic N) is 2. The topological polar surface area (TPSA) is 103 Å². The zero-order valence-electron chi connectivity index (χ0n) is 20.3. The number of aliphatic hydroxyl groups is 2. The number of rotatable bonds is 8. The Morgan fingerprint density at radius 1 is 1.03 bits per heavy atom. The van der Waals surface area contributed by atoms with Gasteiger partial charge in [0.2, 0.25) is 0 Å². The maximum Gasteiger partial charge on any atom is 0.255 e. The quantitative estimate of drug-likeness (QED) is 0.324. The van der Waals surface area contributed by atoms with Gasteiger partial charge in [-0.15, -0.1) is 11.3 Å². The van der Waals surface area contributed by atoms with Gasteiger partial charge in [-0.2, -0.15) is 0 Å². The van der Waals surface area contributed by atoms with Gasteiger partial charge >= 0.3 is 0 Å². The highest BCUT2D eigenvalue weighted by atomic mass is 32.1. The van der Waals surface area contributed by atoms with Gasteiger partial charge in [-0.05, 0) is 34.4 Å². The number of hydrogen-bond donors (Lipinski definition) is 3. The second-order valence-electron chi connectivity index (χ2n) is 9.12. The van der Waals surface area contributed by atoms with E-state index in [0.717, 1.165) is 22.4 Å². The molecule has 1 aliphatic heterocycles. The number of carbonyl (C=O) groups is 2. The van der Waals surface area contributed by atoms with Crippen molar-refractivity contribution in [3.63, 3.8) is 0 Å². The van der Waals surface area contributed by atoms with Crippen LogP contribution in [-0.4, -0.2) is 44.1 Å². The van der Waals surface area contributed by atoms with Gasteiger partial charge in [0.25, 0.3) is 11.8 Å². The van der Waals surface area contributed by atoms with Crippen molar-refractivity contribution in [3.8, 4) is 0 Å². The molecule has 0 unspecified atom stereocenters. The van der Waals surface area contributed by atoms with Crippen LogP contribution in [0.15, 0.2) is 84.2 Å². The van der Waals surface area contributed by atoms with Gasteiger partial charge in [0, 0.05) is 18.3 Å². The van der Waals surface area contributed by atoms with Crippen LogP contribution >= 0.6 is 11.3 Å². The second-order valence-corrected chi connectivity index (χ2v) is 10.1. The Morgan fingerprint density at radius 2 is 1.79 bits per heavy atom. The van der Waals surface area contributed by atoms with Gasteiger partial charge < -0.3 is 20.4 Å². The molecule has 0 saturated heterocycles. The van der Waals surface area contributed by atoms with Crippen LogP contribution in [0.4, 0.5) is 4.39 Å². The van der Waals surface area contributed by atoms with Crippen molar-refractivity contribution in [2.24, 2.45) is 0 Å². The number of fused-ring (bicyclic) bond motifs is 1. The highest BCUT2D eigenvalue weighted by Gasteiger charge is 2.40. The van der Waals surface area contributed by atoms with Crippen molar-refractivity contribution in [1.29, 1.82) is 0 Å². The van der Waals surface area contributed by atoms with E-state index in [-0.39, 0.29) is 13.1 Å². The Kier molecular flexibility index (Phi) is 7.59. The number of aliphatic hydroxyl groups excluding tert-OH is 2. The van der Waals surface area contributed by atoms with E-state index in [1.807, 2.05) is 60.0 Å². The van der Waals surface area contributed by atoms with E-state index in [1.54, 1.807) is 12.1 Å². The molecule has 0 radical (unpaired) electrons. The fourth-order valence-corrected chi connectivity index (χ4v) is 5.39. The van der Waals surface area contributed by atoms with Crippen molar-refractivity contribution in [1.82, 2.24) is 15.2 Å². The van der Waals surface area contributed by atoms with Crippen LogP contribution < -0.4 is 5.32 Å². The van der Waals surface area contributed by atoms with Crippen molar-refractivity contribution < 1.29 is 24.2 Å². The third-order valence-corrected chi connectivity index (χ3v) is 7.41. The number of amides is 2. The average Bonchev–Trinajstić information content (AvgIpc) is 3.55. The first-order valence-electron chi connectivity index (χ1n) is 12.2. The molecule has 0 spiro atoms. The predicted molar refractivity (Wildman–Crippen MR) is 140 cm³/mol. The maximum atomic E-state index is 14.0. The van der Waals surface area contributed by atoms with Crippen molar-refractivity contribution in [2.75, 3.05) is 0 Å². The summed E-state index contributed by atoms with van der Waals surface area (Å²) in [5, 5.41) is 26.3. The first kappa shape index (κ1) is 25.7. The van der Waals surface area contributed by atoms with Crippen LogP contribution in [0, 0.1) is 5.82 Å². The number of aromatic nitrogens is 1.